The second-order valence-electron chi connectivity index (χ2n) is 5.84. The third-order valence-corrected chi connectivity index (χ3v) is 4.17. The molecular formula is C19H23ClN4. The number of hydrogen-bond acceptors (Lipinski definition) is 3. The van der Waals surface area contributed by atoms with E-state index in [2.05, 4.69) is 34.1 Å². The van der Waals surface area contributed by atoms with Crippen LogP contribution >= 0.6 is 11.6 Å². The number of rotatable bonds is 2. The van der Waals surface area contributed by atoms with Gasteiger partial charge >= 0.3 is 0 Å². The van der Waals surface area contributed by atoms with Crippen molar-refractivity contribution in [1.82, 2.24) is 5.32 Å². The molecule has 0 aliphatic carbocycles. The lowest BCUT2D eigenvalue weighted by atomic mass is 10.2. The van der Waals surface area contributed by atoms with E-state index in [1.807, 2.05) is 30.3 Å². The molecule has 2 aromatic rings. The molecule has 0 radical (unpaired) electrons. The lowest BCUT2D eigenvalue weighted by Crippen LogP contribution is -2.23. The van der Waals surface area contributed by atoms with Crippen molar-refractivity contribution in [2.75, 3.05) is 30.3 Å². The molecule has 0 fully saturated rings. The second-order valence-corrected chi connectivity index (χ2v) is 6.28. The number of halogens is 1. The molecule has 0 saturated heterocycles. The van der Waals surface area contributed by atoms with E-state index in [1.54, 1.807) is 0 Å². The van der Waals surface area contributed by atoms with E-state index in [4.69, 9.17) is 16.6 Å². The van der Waals surface area contributed by atoms with E-state index >= 15 is 0 Å². The maximum absolute atomic E-state index is 6.06. The zero-order valence-electron chi connectivity index (χ0n) is 13.7. The van der Waals surface area contributed by atoms with Crippen LogP contribution in [0.25, 0.3) is 0 Å². The van der Waals surface area contributed by atoms with E-state index in [0.717, 1.165) is 60.3 Å². The Morgan fingerprint density at radius 2 is 1.83 bits per heavy atom. The highest BCUT2D eigenvalue weighted by atomic mass is 35.5. The zero-order chi connectivity index (χ0) is 16.6. The predicted molar refractivity (Wildman–Crippen MR) is 103 cm³/mol. The molecule has 0 aromatic heterocycles. The molecule has 1 aliphatic heterocycles. The average molecular weight is 343 g/mol. The molecule has 5 heteroatoms. The molecule has 0 bridgehead atoms. The van der Waals surface area contributed by atoms with Crippen molar-refractivity contribution in [3.8, 4) is 0 Å². The third-order valence-electron chi connectivity index (χ3n) is 3.93. The molecule has 126 valence electrons. The van der Waals surface area contributed by atoms with E-state index in [0.29, 0.717) is 6.54 Å². The first kappa shape index (κ1) is 16.8. The van der Waals surface area contributed by atoms with Gasteiger partial charge in [-0.15, -0.1) is 0 Å². The van der Waals surface area contributed by atoms with Gasteiger partial charge in [0.05, 0.1) is 17.9 Å². The van der Waals surface area contributed by atoms with Gasteiger partial charge in [-0.1, -0.05) is 35.9 Å². The summed E-state index contributed by atoms with van der Waals surface area (Å²) in [4.78, 5) is 4.79. The topological polar surface area (TPSA) is 48.5 Å². The molecular weight excluding hydrogens is 320 g/mol. The Hall–Kier alpha value is -2.04. The normalized spacial score (nSPS) is 17.3. The number of para-hydroxylation sites is 2. The number of nitrogens with one attached hydrogen (secondary N) is 3. The van der Waals surface area contributed by atoms with Crippen molar-refractivity contribution in [2.24, 2.45) is 4.99 Å². The maximum atomic E-state index is 6.06. The molecule has 2 aromatic carbocycles. The van der Waals surface area contributed by atoms with Gasteiger partial charge in [0.25, 0.3) is 0 Å². The molecule has 3 N–H and O–H groups in total. The van der Waals surface area contributed by atoms with Crippen LogP contribution in [0, 0.1) is 0 Å². The van der Waals surface area contributed by atoms with Crippen LogP contribution in [-0.4, -0.2) is 25.5 Å². The molecule has 0 spiro atoms. The Morgan fingerprint density at radius 1 is 0.958 bits per heavy atom. The van der Waals surface area contributed by atoms with E-state index in [9.17, 15) is 0 Å². The fourth-order valence-corrected chi connectivity index (χ4v) is 2.91. The number of anilines is 2. The molecule has 1 heterocycles. The number of fused-ring (bicyclic) bond motifs is 1. The molecule has 4 nitrogen and oxygen atoms in total. The Bertz CT molecular complexity index is 699. The van der Waals surface area contributed by atoms with E-state index in [1.165, 1.54) is 0 Å². The summed E-state index contributed by atoms with van der Waals surface area (Å²) in [6.45, 7) is 3.50. The summed E-state index contributed by atoms with van der Waals surface area (Å²) in [5.74, 6) is 1.01. The van der Waals surface area contributed by atoms with Crippen LogP contribution in [0.1, 0.15) is 18.4 Å². The van der Waals surface area contributed by atoms with Crippen LogP contribution in [0.2, 0.25) is 5.02 Å². The van der Waals surface area contributed by atoms with Crippen LogP contribution < -0.4 is 16.0 Å². The minimum atomic E-state index is 0.631. The highest BCUT2D eigenvalue weighted by molar-refractivity contribution is 6.30. The molecule has 0 saturated carbocycles. The Morgan fingerprint density at radius 3 is 2.71 bits per heavy atom. The molecule has 24 heavy (non-hydrogen) atoms. The van der Waals surface area contributed by atoms with Crippen LogP contribution in [0.15, 0.2) is 53.5 Å². The van der Waals surface area contributed by atoms with Gasteiger partial charge in [-0.3, -0.25) is 4.99 Å². The summed E-state index contributed by atoms with van der Waals surface area (Å²) in [5.41, 5.74) is 3.30. The Kier molecular flexibility index (Phi) is 6.10. The van der Waals surface area contributed by atoms with Crippen molar-refractivity contribution >= 4 is 28.8 Å². The minimum Gasteiger partial charge on any atom is -0.382 e. The zero-order valence-corrected chi connectivity index (χ0v) is 14.4. The summed E-state index contributed by atoms with van der Waals surface area (Å²) < 4.78 is 0. The van der Waals surface area contributed by atoms with Crippen molar-refractivity contribution in [3.63, 3.8) is 0 Å². The summed E-state index contributed by atoms with van der Waals surface area (Å²) in [6, 6.07) is 16.1. The molecule has 0 unspecified atom stereocenters. The van der Waals surface area contributed by atoms with Crippen molar-refractivity contribution in [2.45, 2.75) is 19.4 Å². The van der Waals surface area contributed by atoms with Crippen LogP contribution in [0.5, 0.6) is 0 Å². The Balaban J connectivity index is 1.78. The first-order valence-corrected chi connectivity index (χ1v) is 8.77. The quantitative estimate of drug-likeness (QED) is 0.768. The van der Waals surface area contributed by atoms with Crippen molar-refractivity contribution in [3.05, 3.63) is 59.1 Å². The fourth-order valence-electron chi connectivity index (χ4n) is 2.70. The molecule has 0 amide bonds. The van der Waals surface area contributed by atoms with Gasteiger partial charge in [0.15, 0.2) is 0 Å². The number of benzene rings is 2. The van der Waals surface area contributed by atoms with E-state index in [-0.39, 0.29) is 0 Å². The van der Waals surface area contributed by atoms with Gasteiger partial charge in [0.2, 0.25) is 0 Å². The van der Waals surface area contributed by atoms with E-state index < -0.39 is 0 Å². The number of aliphatic imine (C=N–C) groups is 1. The largest absolute Gasteiger partial charge is 0.382 e. The highest BCUT2D eigenvalue weighted by Crippen LogP contribution is 2.21. The number of hydrogen-bond donors (Lipinski definition) is 3. The summed E-state index contributed by atoms with van der Waals surface area (Å²) in [6.07, 6.45) is 1.98. The number of nitrogens with zero attached hydrogens (tertiary/aromatic N) is 1. The monoisotopic (exact) mass is 342 g/mol. The fraction of sp³-hybridized carbons (Fsp3) is 0.316. The van der Waals surface area contributed by atoms with Crippen molar-refractivity contribution in [1.29, 1.82) is 0 Å². The van der Waals surface area contributed by atoms with Crippen LogP contribution in [0.3, 0.4) is 0 Å². The first-order chi connectivity index (χ1) is 11.8. The van der Waals surface area contributed by atoms with Gasteiger partial charge in [0, 0.05) is 24.5 Å². The van der Waals surface area contributed by atoms with Gasteiger partial charge in [-0.05, 0) is 42.8 Å². The average Bonchev–Trinajstić information content (AvgIpc) is 2.64. The molecule has 3 rings (SSSR count). The van der Waals surface area contributed by atoms with Gasteiger partial charge in [-0.2, -0.15) is 0 Å². The summed E-state index contributed by atoms with van der Waals surface area (Å²) in [7, 11) is 0. The van der Waals surface area contributed by atoms with Crippen molar-refractivity contribution < 1.29 is 0 Å². The summed E-state index contributed by atoms with van der Waals surface area (Å²) >= 11 is 6.06. The standard InChI is InChI=1S/C19H23ClN4/c20-16-6-3-5-15(13-16)14-23-19-9-4-10-21-11-12-22-17-7-1-2-8-18(17)24-19/h1-3,5-8,13,21-22H,4,9-12,14H2,(H,23,24). The minimum absolute atomic E-state index is 0.631. The first-order valence-electron chi connectivity index (χ1n) is 8.40. The predicted octanol–water partition coefficient (Wildman–Crippen LogP) is 4.15. The van der Waals surface area contributed by atoms with Crippen LogP contribution in [0.4, 0.5) is 11.4 Å². The smallest absolute Gasteiger partial charge is 0.101 e. The maximum Gasteiger partial charge on any atom is 0.101 e. The van der Waals surface area contributed by atoms with Gasteiger partial charge in [0.1, 0.15) is 5.84 Å². The highest BCUT2D eigenvalue weighted by Gasteiger charge is 2.07. The Labute approximate surface area is 148 Å². The summed E-state index contributed by atoms with van der Waals surface area (Å²) in [5, 5.41) is 11.2. The van der Waals surface area contributed by atoms with Gasteiger partial charge in [-0.25, -0.2) is 0 Å². The van der Waals surface area contributed by atoms with Gasteiger partial charge < -0.3 is 16.0 Å². The lowest BCUT2D eigenvalue weighted by molar-refractivity contribution is 0.673. The van der Waals surface area contributed by atoms with Crippen LogP contribution in [-0.2, 0) is 6.54 Å². The lowest BCUT2D eigenvalue weighted by Gasteiger charge is -2.14. The third kappa shape index (κ3) is 4.98. The number of amidine groups is 1. The molecule has 0 atom stereocenters. The SMILES string of the molecule is Clc1cccc(CN=C2CCCNCCNc3ccccc3N2)c1. The second kappa shape index (κ2) is 8.71. The molecule has 1 aliphatic rings.